The van der Waals surface area contributed by atoms with Crippen molar-refractivity contribution in [2.45, 2.75) is 19.4 Å². The number of hydrogen-bond acceptors (Lipinski definition) is 4. The fourth-order valence-corrected chi connectivity index (χ4v) is 2.88. The normalized spacial score (nSPS) is 19.1. The third-order valence-electron chi connectivity index (χ3n) is 4.22. The quantitative estimate of drug-likeness (QED) is 0.902. The van der Waals surface area contributed by atoms with E-state index in [1.165, 1.54) is 12.0 Å². The minimum atomic E-state index is -0.302. The molecule has 1 fully saturated rings. The van der Waals surface area contributed by atoms with E-state index in [4.69, 9.17) is 4.42 Å². The molecule has 0 radical (unpaired) electrons. The van der Waals surface area contributed by atoms with Gasteiger partial charge in [-0.3, -0.25) is 9.47 Å². The standard InChI is InChI=1S/C15H21N3O2/c1-11(18-8-3-6-16-7-9-18)12-4-5-13-14(10-12)20-15(19)17(13)2/h4-5,10-11,16H,3,6-9H2,1-2H3. The second kappa shape index (κ2) is 5.42. The van der Waals surface area contributed by atoms with Gasteiger partial charge >= 0.3 is 5.76 Å². The zero-order valence-corrected chi connectivity index (χ0v) is 12.1. The molecule has 2 heterocycles. The van der Waals surface area contributed by atoms with Gasteiger partial charge in [-0.25, -0.2) is 4.79 Å². The number of benzene rings is 1. The van der Waals surface area contributed by atoms with Gasteiger partial charge in [-0.05, 0) is 44.1 Å². The summed E-state index contributed by atoms with van der Waals surface area (Å²) in [4.78, 5) is 14.0. The van der Waals surface area contributed by atoms with Gasteiger partial charge in [-0.15, -0.1) is 0 Å². The molecule has 2 aromatic rings. The van der Waals surface area contributed by atoms with E-state index in [2.05, 4.69) is 23.2 Å². The summed E-state index contributed by atoms with van der Waals surface area (Å²) in [5.74, 6) is -0.302. The molecule has 0 amide bonds. The Kier molecular flexibility index (Phi) is 3.63. The van der Waals surface area contributed by atoms with Crippen molar-refractivity contribution in [3.8, 4) is 0 Å². The van der Waals surface area contributed by atoms with Gasteiger partial charge in [0, 0.05) is 26.2 Å². The average molecular weight is 275 g/mol. The largest absolute Gasteiger partial charge is 0.419 e. The second-order valence-electron chi connectivity index (χ2n) is 5.47. The monoisotopic (exact) mass is 275 g/mol. The van der Waals surface area contributed by atoms with Crippen molar-refractivity contribution in [2.75, 3.05) is 26.2 Å². The van der Waals surface area contributed by atoms with E-state index >= 15 is 0 Å². The molecule has 0 saturated carbocycles. The van der Waals surface area contributed by atoms with Crippen LogP contribution < -0.4 is 11.1 Å². The fraction of sp³-hybridized carbons (Fsp3) is 0.533. The summed E-state index contributed by atoms with van der Waals surface area (Å²) in [7, 11) is 1.73. The van der Waals surface area contributed by atoms with Crippen LogP contribution in [-0.2, 0) is 7.05 Å². The molecule has 5 heteroatoms. The first kappa shape index (κ1) is 13.4. The summed E-state index contributed by atoms with van der Waals surface area (Å²) < 4.78 is 6.82. The SMILES string of the molecule is CC(c1ccc2c(c1)oc(=O)n2C)N1CCCNCC1. The lowest BCUT2D eigenvalue weighted by molar-refractivity contribution is 0.225. The third-order valence-corrected chi connectivity index (χ3v) is 4.22. The van der Waals surface area contributed by atoms with Gasteiger partial charge in [0.05, 0.1) is 5.52 Å². The molecule has 1 aliphatic rings. The number of hydrogen-bond donors (Lipinski definition) is 1. The highest BCUT2D eigenvalue weighted by atomic mass is 16.4. The van der Waals surface area contributed by atoms with Crippen LogP contribution in [0, 0.1) is 0 Å². The highest BCUT2D eigenvalue weighted by Crippen LogP contribution is 2.24. The van der Waals surface area contributed by atoms with Gasteiger partial charge in [-0.1, -0.05) is 6.07 Å². The van der Waals surface area contributed by atoms with Crippen LogP contribution in [0.15, 0.2) is 27.4 Å². The second-order valence-corrected chi connectivity index (χ2v) is 5.47. The van der Waals surface area contributed by atoms with Crippen LogP contribution in [0.2, 0.25) is 0 Å². The molecule has 108 valence electrons. The van der Waals surface area contributed by atoms with E-state index in [9.17, 15) is 4.79 Å². The summed E-state index contributed by atoms with van der Waals surface area (Å²) in [6.45, 7) is 6.50. The topological polar surface area (TPSA) is 50.4 Å². The van der Waals surface area contributed by atoms with Crippen LogP contribution in [0.5, 0.6) is 0 Å². The summed E-state index contributed by atoms with van der Waals surface area (Å²) in [6, 6.07) is 6.41. The number of nitrogens with one attached hydrogen (secondary N) is 1. The van der Waals surface area contributed by atoms with Crippen molar-refractivity contribution >= 4 is 11.1 Å². The molecule has 0 aliphatic carbocycles. The number of fused-ring (bicyclic) bond motifs is 1. The molecular weight excluding hydrogens is 254 g/mol. The van der Waals surface area contributed by atoms with Gasteiger partial charge < -0.3 is 9.73 Å². The zero-order chi connectivity index (χ0) is 14.1. The van der Waals surface area contributed by atoms with Gasteiger partial charge in [-0.2, -0.15) is 0 Å². The van der Waals surface area contributed by atoms with Gasteiger partial charge in [0.15, 0.2) is 5.58 Å². The highest BCUT2D eigenvalue weighted by molar-refractivity contribution is 5.73. The van der Waals surface area contributed by atoms with E-state index in [1.807, 2.05) is 12.1 Å². The molecule has 1 aromatic heterocycles. The Hall–Kier alpha value is -1.59. The Bertz CT molecular complexity index is 651. The molecular formula is C15H21N3O2. The molecule has 1 N–H and O–H groups in total. The number of aryl methyl sites for hydroxylation is 1. The molecule has 0 bridgehead atoms. The zero-order valence-electron chi connectivity index (χ0n) is 12.1. The van der Waals surface area contributed by atoms with Crippen molar-refractivity contribution in [2.24, 2.45) is 7.05 Å². The lowest BCUT2D eigenvalue weighted by atomic mass is 10.1. The van der Waals surface area contributed by atoms with Gasteiger partial charge in [0.1, 0.15) is 0 Å². The maximum Gasteiger partial charge on any atom is 0.419 e. The fourth-order valence-electron chi connectivity index (χ4n) is 2.88. The van der Waals surface area contributed by atoms with Crippen LogP contribution in [0.3, 0.4) is 0 Å². The minimum absolute atomic E-state index is 0.302. The first-order chi connectivity index (χ1) is 9.66. The smallest absolute Gasteiger partial charge is 0.408 e. The van der Waals surface area contributed by atoms with Crippen LogP contribution >= 0.6 is 0 Å². The minimum Gasteiger partial charge on any atom is -0.408 e. The molecule has 1 atom stereocenters. The molecule has 1 unspecified atom stereocenters. The van der Waals surface area contributed by atoms with E-state index < -0.39 is 0 Å². The Morgan fingerprint density at radius 2 is 2.15 bits per heavy atom. The molecule has 3 rings (SSSR count). The van der Waals surface area contributed by atoms with E-state index in [1.54, 1.807) is 11.6 Å². The van der Waals surface area contributed by atoms with Crippen LogP contribution in [0.4, 0.5) is 0 Å². The lowest BCUT2D eigenvalue weighted by Crippen LogP contribution is -2.30. The highest BCUT2D eigenvalue weighted by Gasteiger charge is 2.18. The number of nitrogens with zero attached hydrogens (tertiary/aromatic N) is 2. The first-order valence-electron chi connectivity index (χ1n) is 7.21. The maximum atomic E-state index is 11.5. The average Bonchev–Trinajstić information content (AvgIpc) is 2.65. The van der Waals surface area contributed by atoms with Gasteiger partial charge in [0.25, 0.3) is 0 Å². The summed E-state index contributed by atoms with van der Waals surface area (Å²) in [5, 5.41) is 3.42. The Morgan fingerprint density at radius 3 is 3.00 bits per heavy atom. The Labute approximate surface area is 118 Å². The van der Waals surface area contributed by atoms with Crippen molar-refractivity contribution < 1.29 is 4.42 Å². The van der Waals surface area contributed by atoms with E-state index in [0.717, 1.165) is 31.7 Å². The molecule has 20 heavy (non-hydrogen) atoms. The molecule has 0 spiro atoms. The van der Waals surface area contributed by atoms with Crippen molar-refractivity contribution in [1.29, 1.82) is 0 Å². The van der Waals surface area contributed by atoms with E-state index in [0.29, 0.717) is 11.6 Å². The maximum absolute atomic E-state index is 11.5. The number of oxazole rings is 1. The van der Waals surface area contributed by atoms with Crippen molar-refractivity contribution in [3.05, 3.63) is 34.3 Å². The van der Waals surface area contributed by atoms with Crippen LogP contribution in [0.25, 0.3) is 11.1 Å². The Morgan fingerprint density at radius 1 is 1.30 bits per heavy atom. The molecule has 1 aliphatic heterocycles. The van der Waals surface area contributed by atoms with Crippen LogP contribution in [0.1, 0.15) is 24.9 Å². The van der Waals surface area contributed by atoms with Gasteiger partial charge in [0.2, 0.25) is 0 Å². The predicted molar refractivity (Wildman–Crippen MR) is 78.9 cm³/mol. The molecule has 1 saturated heterocycles. The molecule has 5 nitrogen and oxygen atoms in total. The van der Waals surface area contributed by atoms with Crippen LogP contribution in [-0.4, -0.2) is 35.6 Å². The van der Waals surface area contributed by atoms with E-state index in [-0.39, 0.29) is 5.76 Å². The summed E-state index contributed by atoms with van der Waals surface area (Å²) in [5.41, 5.74) is 2.73. The number of aromatic nitrogens is 1. The lowest BCUT2D eigenvalue weighted by Gasteiger charge is -2.27. The third kappa shape index (κ3) is 2.39. The Balaban J connectivity index is 1.90. The summed E-state index contributed by atoms with van der Waals surface area (Å²) >= 11 is 0. The first-order valence-corrected chi connectivity index (χ1v) is 7.21. The summed E-state index contributed by atoms with van der Waals surface area (Å²) in [6.07, 6.45) is 1.17. The van der Waals surface area contributed by atoms with Crippen molar-refractivity contribution in [3.63, 3.8) is 0 Å². The molecule has 1 aromatic carbocycles. The van der Waals surface area contributed by atoms with Crippen molar-refractivity contribution in [1.82, 2.24) is 14.8 Å². The predicted octanol–water partition coefficient (Wildman–Crippen LogP) is 1.49. The number of rotatable bonds is 2.